The molecule has 6 nitrogen and oxygen atoms in total. The zero-order valence-corrected chi connectivity index (χ0v) is 15.8. The molecule has 0 bridgehead atoms. The van der Waals surface area contributed by atoms with E-state index in [9.17, 15) is 13.6 Å². The van der Waals surface area contributed by atoms with Crippen LogP contribution in [-0.2, 0) is 11.3 Å². The molecule has 0 aliphatic rings. The Morgan fingerprint density at radius 2 is 1.96 bits per heavy atom. The van der Waals surface area contributed by atoms with E-state index >= 15 is 0 Å². The highest BCUT2D eigenvalue weighted by Gasteiger charge is 2.20. The van der Waals surface area contributed by atoms with Crippen LogP contribution in [-0.4, -0.2) is 37.6 Å². The molecule has 2 aromatic carbocycles. The third-order valence-electron chi connectivity index (χ3n) is 4.22. The molecule has 0 saturated carbocycles. The van der Waals surface area contributed by atoms with E-state index in [0.29, 0.717) is 17.8 Å². The van der Waals surface area contributed by atoms with Crippen molar-refractivity contribution in [2.75, 3.05) is 19.5 Å². The second kappa shape index (κ2) is 9.67. The molecule has 0 spiro atoms. The number of carbonyl (C=O) groups is 1. The lowest BCUT2D eigenvalue weighted by molar-refractivity contribution is -0.120. The fourth-order valence-electron chi connectivity index (χ4n) is 2.56. The highest BCUT2D eigenvalue weighted by molar-refractivity contribution is 5.95. The molecule has 28 heavy (non-hydrogen) atoms. The number of hydrogen-bond acceptors (Lipinski definition) is 5. The van der Waals surface area contributed by atoms with Crippen molar-refractivity contribution in [1.29, 1.82) is 5.26 Å². The van der Waals surface area contributed by atoms with Crippen LogP contribution in [0.2, 0.25) is 0 Å². The van der Waals surface area contributed by atoms with Crippen molar-refractivity contribution < 1.29 is 23.0 Å². The second-order valence-corrected chi connectivity index (χ2v) is 6.10. The van der Waals surface area contributed by atoms with Gasteiger partial charge in [-0.05, 0) is 43.8 Å². The first-order valence-electron chi connectivity index (χ1n) is 8.47. The summed E-state index contributed by atoms with van der Waals surface area (Å²) >= 11 is 0. The number of para-hydroxylation sites is 1. The molecule has 0 aliphatic carbocycles. The number of nitrogens with zero attached hydrogens (tertiary/aromatic N) is 2. The van der Waals surface area contributed by atoms with Gasteiger partial charge in [0.2, 0.25) is 5.91 Å². The Bertz CT molecular complexity index is 868. The largest absolute Gasteiger partial charge is 0.493 e. The first-order valence-corrected chi connectivity index (χ1v) is 8.47. The maximum atomic E-state index is 12.5. The molecule has 2 aromatic rings. The van der Waals surface area contributed by atoms with E-state index in [1.807, 2.05) is 6.07 Å². The average molecular weight is 389 g/mol. The van der Waals surface area contributed by atoms with E-state index in [0.717, 1.165) is 5.56 Å². The maximum absolute atomic E-state index is 12.5. The predicted molar refractivity (Wildman–Crippen MR) is 100 cm³/mol. The lowest BCUT2D eigenvalue weighted by Crippen LogP contribution is -2.39. The predicted octanol–water partition coefficient (Wildman–Crippen LogP) is 3.63. The molecule has 0 fully saturated rings. The number of benzene rings is 2. The van der Waals surface area contributed by atoms with Crippen LogP contribution in [0.5, 0.6) is 11.5 Å². The van der Waals surface area contributed by atoms with Gasteiger partial charge in [-0.25, -0.2) is 0 Å². The van der Waals surface area contributed by atoms with Crippen molar-refractivity contribution in [3.8, 4) is 17.6 Å². The molecule has 148 valence electrons. The highest BCUT2D eigenvalue weighted by Crippen LogP contribution is 2.30. The summed E-state index contributed by atoms with van der Waals surface area (Å²) in [4.78, 5) is 14.3. The molecule has 0 aliphatic heterocycles. The van der Waals surface area contributed by atoms with Gasteiger partial charge in [-0.3, -0.25) is 9.69 Å². The summed E-state index contributed by atoms with van der Waals surface area (Å²) in [7, 11) is 3.13. The summed E-state index contributed by atoms with van der Waals surface area (Å²) in [6, 6.07) is 12.9. The van der Waals surface area contributed by atoms with E-state index in [2.05, 4.69) is 10.1 Å². The van der Waals surface area contributed by atoms with Gasteiger partial charge in [-0.2, -0.15) is 14.0 Å². The van der Waals surface area contributed by atoms with E-state index in [1.165, 1.54) is 13.2 Å². The van der Waals surface area contributed by atoms with Gasteiger partial charge in [0.1, 0.15) is 6.07 Å². The zero-order chi connectivity index (χ0) is 20.7. The Balaban J connectivity index is 2.06. The summed E-state index contributed by atoms with van der Waals surface area (Å²) in [6.45, 7) is -0.835. The molecular weight excluding hydrogens is 368 g/mol. The van der Waals surface area contributed by atoms with Gasteiger partial charge < -0.3 is 14.8 Å². The molecule has 0 unspecified atom stereocenters. The third-order valence-corrected chi connectivity index (χ3v) is 4.22. The number of nitriles is 1. The van der Waals surface area contributed by atoms with Gasteiger partial charge in [0.05, 0.1) is 24.4 Å². The summed E-state index contributed by atoms with van der Waals surface area (Å²) < 4.78 is 34.4. The van der Waals surface area contributed by atoms with Crippen molar-refractivity contribution in [2.45, 2.75) is 26.1 Å². The number of rotatable bonds is 8. The number of likely N-dealkylation sites (N-methyl/N-ethyl adjacent to an activating group) is 1. The van der Waals surface area contributed by atoms with Crippen LogP contribution < -0.4 is 14.8 Å². The van der Waals surface area contributed by atoms with Crippen LogP contribution in [0, 0.1) is 11.3 Å². The van der Waals surface area contributed by atoms with Gasteiger partial charge in [0.15, 0.2) is 11.5 Å². The minimum atomic E-state index is -2.94. The van der Waals surface area contributed by atoms with Crippen molar-refractivity contribution in [3.05, 3.63) is 53.6 Å². The van der Waals surface area contributed by atoms with Crippen molar-refractivity contribution >= 4 is 11.6 Å². The van der Waals surface area contributed by atoms with Crippen LogP contribution in [0.15, 0.2) is 42.5 Å². The lowest BCUT2D eigenvalue weighted by atomic mass is 10.1. The van der Waals surface area contributed by atoms with Crippen LogP contribution in [0.1, 0.15) is 18.1 Å². The molecule has 1 N–H and O–H groups in total. The number of amides is 1. The quantitative estimate of drug-likeness (QED) is 0.746. The Morgan fingerprint density at radius 3 is 2.61 bits per heavy atom. The van der Waals surface area contributed by atoms with Crippen molar-refractivity contribution in [2.24, 2.45) is 0 Å². The lowest BCUT2D eigenvalue weighted by Gasteiger charge is -2.24. The molecule has 8 heteroatoms. The highest BCUT2D eigenvalue weighted by atomic mass is 19.3. The minimum Gasteiger partial charge on any atom is -0.493 e. The summed E-state index contributed by atoms with van der Waals surface area (Å²) in [5.74, 6) is -0.135. The van der Waals surface area contributed by atoms with Gasteiger partial charge in [-0.15, -0.1) is 0 Å². The normalized spacial score (nSPS) is 11.8. The molecule has 1 atom stereocenters. The summed E-state index contributed by atoms with van der Waals surface area (Å²) in [6.07, 6.45) is 0. The molecule has 1 amide bonds. The number of nitrogens with one attached hydrogen (secondary N) is 1. The van der Waals surface area contributed by atoms with Crippen LogP contribution in [0.4, 0.5) is 14.5 Å². The van der Waals surface area contributed by atoms with Crippen molar-refractivity contribution in [1.82, 2.24) is 4.90 Å². The monoisotopic (exact) mass is 389 g/mol. The Labute approximate surface area is 162 Å². The Hall–Kier alpha value is -3.18. The minimum absolute atomic E-state index is 0.0530. The Morgan fingerprint density at radius 1 is 1.25 bits per heavy atom. The van der Waals surface area contributed by atoms with Gasteiger partial charge in [0, 0.05) is 6.54 Å². The summed E-state index contributed by atoms with van der Waals surface area (Å²) in [5.41, 5.74) is 1.59. The first kappa shape index (κ1) is 21.1. The zero-order valence-electron chi connectivity index (χ0n) is 15.8. The third kappa shape index (κ3) is 5.41. The van der Waals surface area contributed by atoms with Gasteiger partial charge >= 0.3 is 6.61 Å². The topological polar surface area (TPSA) is 74.6 Å². The van der Waals surface area contributed by atoms with E-state index in [-0.39, 0.29) is 17.4 Å². The molecule has 0 aromatic heterocycles. The van der Waals surface area contributed by atoms with E-state index in [1.54, 1.807) is 55.3 Å². The number of hydrogen-bond donors (Lipinski definition) is 1. The average Bonchev–Trinajstić information content (AvgIpc) is 2.68. The number of ether oxygens (including phenoxy) is 2. The van der Waals surface area contributed by atoms with Crippen LogP contribution in [0.25, 0.3) is 0 Å². The fourth-order valence-corrected chi connectivity index (χ4v) is 2.56. The van der Waals surface area contributed by atoms with Gasteiger partial charge in [0.25, 0.3) is 0 Å². The van der Waals surface area contributed by atoms with Crippen molar-refractivity contribution in [3.63, 3.8) is 0 Å². The number of alkyl halides is 2. The number of anilines is 1. The molecular formula is C20H21F2N3O3. The second-order valence-electron chi connectivity index (χ2n) is 6.10. The van der Waals surface area contributed by atoms with E-state index in [4.69, 9.17) is 10.00 Å². The first-order chi connectivity index (χ1) is 13.3. The number of halogens is 2. The Kier molecular flexibility index (Phi) is 7.29. The van der Waals surface area contributed by atoms with E-state index < -0.39 is 12.7 Å². The fraction of sp³-hybridized carbons (Fsp3) is 0.300. The smallest absolute Gasteiger partial charge is 0.387 e. The standard InChI is InChI=1S/C20H21F2N3O3/c1-13(19(26)24-16-7-5-4-6-15(16)11-23)25(2)12-14-8-9-17(28-20(21)22)18(10-14)27-3/h4-10,13,20H,12H2,1-3H3,(H,24,26)/t13-/m1/s1. The van der Waals surface area contributed by atoms with Crippen LogP contribution >= 0.6 is 0 Å². The number of carbonyl (C=O) groups excluding carboxylic acids is 1. The molecule has 2 rings (SSSR count). The summed E-state index contributed by atoms with van der Waals surface area (Å²) in [5, 5.41) is 11.9. The SMILES string of the molecule is COc1cc(CN(C)[C@H](C)C(=O)Nc2ccccc2C#N)ccc1OC(F)F. The molecule has 0 heterocycles. The van der Waals surface area contributed by atoms with Crippen LogP contribution in [0.3, 0.4) is 0 Å². The molecule has 0 saturated heterocycles. The number of methoxy groups -OCH3 is 1. The molecule has 0 radical (unpaired) electrons. The maximum Gasteiger partial charge on any atom is 0.387 e. The van der Waals surface area contributed by atoms with Gasteiger partial charge in [-0.1, -0.05) is 18.2 Å².